The molecule has 0 heterocycles. The Balaban J connectivity index is 2.45. The SMILES string of the molecule is Cc1cc(Oc2cccc(C)c2[N+](=O)[O-])cc(C)c1Br. The molecule has 104 valence electrons. The van der Waals surface area contributed by atoms with Crippen LogP contribution in [0.15, 0.2) is 34.8 Å². The Kier molecular flexibility index (Phi) is 4.09. The van der Waals surface area contributed by atoms with Gasteiger partial charge in [0.1, 0.15) is 5.75 Å². The molecule has 0 aliphatic rings. The summed E-state index contributed by atoms with van der Waals surface area (Å²) in [5, 5.41) is 11.1. The zero-order chi connectivity index (χ0) is 14.9. The fourth-order valence-electron chi connectivity index (χ4n) is 2.04. The highest BCUT2D eigenvalue weighted by Crippen LogP contribution is 2.35. The van der Waals surface area contributed by atoms with Crippen LogP contribution in [0.25, 0.3) is 0 Å². The topological polar surface area (TPSA) is 52.4 Å². The third-order valence-corrected chi connectivity index (χ3v) is 4.27. The molecule has 0 saturated carbocycles. The van der Waals surface area contributed by atoms with Crippen molar-refractivity contribution >= 4 is 21.6 Å². The minimum absolute atomic E-state index is 0.00530. The summed E-state index contributed by atoms with van der Waals surface area (Å²) in [4.78, 5) is 10.7. The maximum atomic E-state index is 11.1. The molecule has 5 heteroatoms. The van der Waals surface area contributed by atoms with Gasteiger partial charge in [-0.3, -0.25) is 10.1 Å². The van der Waals surface area contributed by atoms with Crippen LogP contribution >= 0.6 is 15.9 Å². The molecule has 20 heavy (non-hydrogen) atoms. The Morgan fingerprint density at radius 2 is 1.70 bits per heavy atom. The van der Waals surface area contributed by atoms with E-state index in [4.69, 9.17) is 4.74 Å². The van der Waals surface area contributed by atoms with E-state index in [2.05, 4.69) is 15.9 Å². The van der Waals surface area contributed by atoms with Gasteiger partial charge >= 0.3 is 5.69 Å². The van der Waals surface area contributed by atoms with Crippen LogP contribution in [0.5, 0.6) is 11.5 Å². The van der Waals surface area contributed by atoms with E-state index in [1.54, 1.807) is 25.1 Å². The summed E-state index contributed by atoms with van der Waals surface area (Å²) in [5.74, 6) is 0.855. The molecule has 2 rings (SSSR count). The number of aryl methyl sites for hydroxylation is 3. The Morgan fingerprint density at radius 3 is 2.25 bits per heavy atom. The van der Waals surface area contributed by atoms with Crippen molar-refractivity contribution in [2.45, 2.75) is 20.8 Å². The molecule has 0 amide bonds. The maximum absolute atomic E-state index is 11.1. The first kappa shape index (κ1) is 14.5. The molecule has 4 nitrogen and oxygen atoms in total. The standard InChI is InChI=1S/C15H14BrNO3/c1-9-5-4-6-13(15(9)17(18)19)20-12-7-10(2)14(16)11(3)8-12/h4-8H,1-3H3. The number of nitro groups is 1. The fourth-order valence-corrected chi connectivity index (χ4v) is 2.27. The molecule has 0 aromatic heterocycles. The van der Waals surface area contributed by atoms with Crippen molar-refractivity contribution in [1.29, 1.82) is 0 Å². The van der Waals surface area contributed by atoms with Gasteiger partial charge in [-0.25, -0.2) is 0 Å². The first-order chi connectivity index (χ1) is 9.40. The summed E-state index contributed by atoms with van der Waals surface area (Å²) in [5.41, 5.74) is 2.63. The first-order valence-corrected chi connectivity index (χ1v) is 6.88. The zero-order valence-corrected chi connectivity index (χ0v) is 13.0. The van der Waals surface area contributed by atoms with Crippen molar-refractivity contribution in [3.05, 3.63) is 61.6 Å². The van der Waals surface area contributed by atoms with Crippen LogP contribution in [-0.2, 0) is 0 Å². The molecular weight excluding hydrogens is 322 g/mol. The van der Waals surface area contributed by atoms with Gasteiger partial charge in [-0.1, -0.05) is 28.1 Å². The number of rotatable bonds is 3. The van der Waals surface area contributed by atoms with Crippen LogP contribution in [0.3, 0.4) is 0 Å². The quantitative estimate of drug-likeness (QED) is 0.580. The lowest BCUT2D eigenvalue weighted by atomic mass is 10.1. The van der Waals surface area contributed by atoms with Gasteiger partial charge in [0.25, 0.3) is 0 Å². The van der Waals surface area contributed by atoms with Gasteiger partial charge in [0.15, 0.2) is 0 Å². The molecule has 0 N–H and O–H groups in total. The number of nitrogens with zero attached hydrogens (tertiary/aromatic N) is 1. The Labute approximate surface area is 125 Å². The molecule has 0 bridgehead atoms. The van der Waals surface area contributed by atoms with E-state index in [-0.39, 0.29) is 11.4 Å². The van der Waals surface area contributed by atoms with Gasteiger partial charge in [-0.05, 0) is 50.1 Å². The number of ether oxygens (including phenoxy) is 1. The molecule has 0 unspecified atom stereocenters. The van der Waals surface area contributed by atoms with Crippen molar-refractivity contribution in [2.75, 3.05) is 0 Å². The summed E-state index contributed by atoms with van der Waals surface area (Å²) in [6, 6.07) is 8.75. The summed E-state index contributed by atoms with van der Waals surface area (Å²) in [7, 11) is 0. The number of hydrogen-bond donors (Lipinski definition) is 0. The molecule has 0 aliphatic carbocycles. The van der Waals surface area contributed by atoms with Crippen LogP contribution in [0.1, 0.15) is 16.7 Å². The molecule has 0 radical (unpaired) electrons. The molecule has 0 fully saturated rings. The van der Waals surface area contributed by atoms with Gasteiger partial charge in [0, 0.05) is 10.0 Å². The number of benzene rings is 2. The van der Waals surface area contributed by atoms with Crippen molar-refractivity contribution in [3.8, 4) is 11.5 Å². The van der Waals surface area contributed by atoms with Gasteiger partial charge < -0.3 is 4.74 Å². The zero-order valence-electron chi connectivity index (χ0n) is 11.4. The molecular formula is C15H14BrNO3. The van der Waals surface area contributed by atoms with E-state index < -0.39 is 4.92 Å². The minimum atomic E-state index is -0.413. The van der Waals surface area contributed by atoms with Gasteiger partial charge in [0.05, 0.1) is 4.92 Å². The Hall–Kier alpha value is -1.88. The maximum Gasteiger partial charge on any atom is 0.314 e. The summed E-state index contributed by atoms with van der Waals surface area (Å²) in [6.45, 7) is 5.60. The average Bonchev–Trinajstić information content (AvgIpc) is 2.35. The molecule has 0 aliphatic heterocycles. The molecule has 0 spiro atoms. The largest absolute Gasteiger partial charge is 0.450 e. The van der Waals surface area contributed by atoms with Gasteiger partial charge in [-0.2, -0.15) is 0 Å². The summed E-state index contributed by atoms with van der Waals surface area (Å²) >= 11 is 3.48. The second-order valence-corrected chi connectivity index (χ2v) is 5.44. The van der Waals surface area contributed by atoms with Crippen LogP contribution in [0.4, 0.5) is 5.69 Å². The third kappa shape index (κ3) is 2.82. The molecule has 2 aromatic carbocycles. The van der Waals surface area contributed by atoms with Crippen LogP contribution < -0.4 is 4.74 Å². The van der Waals surface area contributed by atoms with Gasteiger partial charge in [-0.15, -0.1) is 0 Å². The van der Waals surface area contributed by atoms with E-state index in [1.807, 2.05) is 26.0 Å². The second-order valence-electron chi connectivity index (χ2n) is 4.65. The number of halogens is 1. The predicted octanol–water partition coefficient (Wildman–Crippen LogP) is 5.07. The van der Waals surface area contributed by atoms with Crippen LogP contribution in [0, 0.1) is 30.9 Å². The second kappa shape index (κ2) is 5.63. The lowest BCUT2D eigenvalue weighted by Crippen LogP contribution is -1.96. The van der Waals surface area contributed by atoms with E-state index in [1.165, 1.54) is 0 Å². The van der Waals surface area contributed by atoms with Crippen LogP contribution in [0.2, 0.25) is 0 Å². The molecule has 0 atom stereocenters. The minimum Gasteiger partial charge on any atom is -0.450 e. The van der Waals surface area contributed by atoms with Crippen molar-refractivity contribution in [1.82, 2.24) is 0 Å². The summed E-state index contributed by atoms with van der Waals surface area (Å²) in [6.07, 6.45) is 0. The number of para-hydroxylation sites is 1. The van der Waals surface area contributed by atoms with E-state index in [0.29, 0.717) is 11.3 Å². The number of hydrogen-bond acceptors (Lipinski definition) is 3. The lowest BCUT2D eigenvalue weighted by molar-refractivity contribution is -0.386. The van der Waals surface area contributed by atoms with Crippen molar-refractivity contribution in [3.63, 3.8) is 0 Å². The van der Waals surface area contributed by atoms with E-state index in [0.717, 1.165) is 15.6 Å². The smallest absolute Gasteiger partial charge is 0.314 e. The first-order valence-electron chi connectivity index (χ1n) is 6.08. The lowest BCUT2D eigenvalue weighted by Gasteiger charge is -2.10. The third-order valence-electron chi connectivity index (χ3n) is 3.02. The highest BCUT2D eigenvalue weighted by atomic mass is 79.9. The molecule has 2 aromatic rings. The Morgan fingerprint density at radius 1 is 1.10 bits per heavy atom. The van der Waals surface area contributed by atoms with Crippen molar-refractivity contribution < 1.29 is 9.66 Å². The number of nitro benzene ring substituents is 1. The highest BCUT2D eigenvalue weighted by molar-refractivity contribution is 9.10. The molecule has 0 saturated heterocycles. The fraction of sp³-hybridized carbons (Fsp3) is 0.200. The normalized spacial score (nSPS) is 10.4. The van der Waals surface area contributed by atoms with Gasteiger partial charge in [0.2, 0.25) is 5.75 Å². The Bertz CT molecular complexity index is 660. The van der Waals surface area contributed by atoms with E-state index >= 15 is 0 Å². The van der Waals surface area contributed by atoms with Crippen molar-refractivity contribution in [2.24, 2.45) is 0 Å². The summed E-state index contributed by atoms with van der Waals surface area (Å²) < 4.78 is 6.72. The highest BCUT2D eigenvalue weighted by Gasteiger charge is 2.19. The van der Waals surface area contributed by atoms with E-state index in [9.17, 15) is 10.1 Å². The van der Waals surface area contributed by atoms with Crippen LogP contribution in [-0.4, -0.2) is 4.92 Å². The predicted molar refractivity (Wildman–Crippen MR) is 81.5 cm³/mol. The monoisotopic (exact) mass is 335 g/mol. The average molecular weight is 336 g/mol.